The standard InChI is InChI=1S/C15H28N6O6/c1-8(19-12(23)7-17)13(24)20-9(4-2-3-5-16)14(25)21-10(15(26)27)6-11(18)22/h8-10H,2-7,16-17H2,1H3,(H2,18,22)(H,19,23)(H,20,24)(H,21,25)(H,26,27). The highest BCUT2D eigenvalue weighted by molar-refractivity contribution is 5.94. The van der Waals surface area contributed by atoms with Gasteiger partial charge in [-0.1, -0.05) is 0 Å². The van der Waals surface area contributed by atoms with Crippen LogP contribution in [0.5, 0.6) is 0 Å². The van der Waals surface area contributed by atoms with Gasteiger partial charge in [0.15, 0.2) is 0 Å². The van der Waals surface area contributed by atoms with Gasteiger partial charge in [-0.25, -0.2) is 4.79 Å². The number of amides is 4. The molecule has 12 nitrogen and oxygen atoms in total. The molecule has 4 amide bonds. The van der Waals surface area contributed by atoms with E-state index in [0.29, 0.717) is 19.4 Å². The van der Waals surface area contributed by atoms with E-state index in [0.717, 1.165) is 0 Å². The quantitative estimate of drug-likeness (QED) is 0.156. The van der Waals surface area contributed by atoms with Crippen LogP contribution >= 0.6 is 0 Å². The molecule has 0 spiro atoms. The molecule has 0 aromatic carbocycles. The number of primary amides is 1. The zero-order valence-corrected chi connectivity index (χ0v) is 15.2. The Morgan fingerprint density at radius 3 is 2.00 bits per heavy atom. The van der Waals surface area contributed by atoms with E-state index in [1.807, 2.05) is 0 Å². The minimum Gasteiger partial charge on any atom is -0.480 e. The van der Waals surface area contributed by atoms with Gasteiger partial charge in [0.25, 0.3) is 0 Å². The Balaban J connectivity index is 5.06. The van der Waals surface area contributed by atoms with Crippen molar-refractivity contribution in [2.75, 3.05) is 13.1 Å². The summed E-state index contributed by atoms with van der Waals surface area (Å²) in [6.45, 7) is 1.49. The van der Waals surface area contributed by atoms with E-state index >= 15 is 0 Å². The van der Waals surface area contributed by atoms with Gasteiger partial charge in [-0.2, -0.15) is 0 Å². The number of nitrogens with two attached hydrogens (primary N) is 3. The lowest BCUT2D eigenvalue weighted by Gasteiger charge is -2.23. The summed E-state index contributed by atoms with van der Waals surface area (Å²) < 4.78 is 0. The zero-order chi connectivity index (χ0) is 21.0. The lowest BCUT2D eigenvalue weighted by molar-refractivity contribution is -0.143. The molecular weight excluding hydrogens is 360 g/mol. The Bertz CT molecular complexity index is 555. The van der Waals surface area contributed by atoms with E-state index in [-0.39, 0.29) is 13.0 Å². The number of carbonyl (C=O) groups is 5. The number of carboxylic acid groups (broad SMARTS) is 1. The first-order valence-corrected chi connectivity index (χ1v) is 8.43. The molecule has 10 N–H and O–H groups in total. The monoisotopic (exact) mass is 388 g/mol. The molecule has 0 saturated heterocycles. The van der Waals surface area contributed by atoms with Crippen LogP contribution in [0.4, 0.5) is 0 Å². The van der Waals surface area contributed by atoms with Crippen molar-refractivity contribution in [1.29, 1.82) is 0 Å². The van der Waals surface area contributed by atoms with Gasteiger partial charge in [-0.3, -0.25) is 19.2 Å². The minimum atomic E-state index is -1.52. The van der Waals surface area contributed by atoms with Crippen molar-refractivity contribution in [1.82, 2.24) is 16.0 Å². The minimum absolute atomic E-state index is 0.190. The molecule has 0 radical (unpaired) electrons. The first-order chi connectivity index (χ1) is 12.6. The fraction of sp³-hybridized carbons (Fsp3) is 0.667. The first-order valence-electron chi connectivity index (χ1n) is 8.43. The van der Waals surface area contributed by atoms with Gasteiger partial charge >= 0.3 is 5.97 Å². The van der Waals surface area contributed by atoms with Gasteiger partial charge in [0.05, 0.1) is 13.0 Å². The second-order valence-electron chi connectivity index (χ2n) is 5.91. The fourth-order valence-corrected chi connectivity index (χ4v) is 2.10. The maximum absolute atomic E-state index is 12.4. The van der Waals surface area contributed by atoms with Gasteiger partial charge in [-0.05, 0) is 32.7 Å². The molecule has 0 aromatic rings. The van der Waals surface area contributed by atoms with Crippen molar-refractivity contribution >= 4 is 29.6 Å². The summed E-state index contributed by atoms with van der Waals surface area (Å²) in [4.78, 5) is 57.9. The summed E-state index contributed by atoms with van der Waals surface area (Å²) in [6, 6.07) is -3.54. The molecule has 0 bridgehead atoms. The van der Waals surface area contributed by atoms with E-state index in [4.69, 9.17) is 22.3 Å². The summed E-state index contributed by atoms with van der Waals surface area (Å²) in [5.74, 6) is -4.31. The van der Waals surface area contributed by atoms with Crippen LogP contribution in [0, 0.1) is 0 Å². The van der Waals surface area contributed by atoms with Crippen molar-refractivity contribution < 1.29 is 29.1 Å². The average molecular weight is 388 g/mol. The highest BCUT2D eigenvalue weighted by atomic mass is 16.4. The molecule has 0 aliphatic rings. The molecule has 0 aliphatic heterocycles. The summed E-state index contributed by atoms with van der Waals surface area (Å²) in [7, 11) is 0. The Morgan fingerprint density at radius 1 is 0.926 bits per heavy atom. The largest absolute Gasteiger partial charge is 0.480 e. The maximum Gasteiger partial charge on any atom is 0.326 e. The Morgan fingerprint density at radius 2 is 1.52 bits per heavy atom. The van der Waals surface area contributed by atoms with Crippen LogP contribution in [0.3, 0.4) is 0 Å². The van der Waals surface area contributed by atoms with Crippen LogP contribution in [0.1, 0.15) is 32.6 Å². The molecule has 0 saturated carbocycles. The first kappa shape index (κ1) is 24.3. The molecule has 0 rings (SSSR count). The van der Waals surface area contributed by atoms with Crippen molar-refractivity contribution in [2.45, 2.75) is 50.7 Å². The molecule has 0 fully saturated rings. The molecule has 3 unspecified atom stereocenters. The molecule has 154 valence electrons. The van der Waals surface area contributed by atoms with Crippen LogP contribution in [0.25, 0.3) is 0 Å². The number of aliphatic carboxylic acids is 1. The van der Waals surface area contributed by atoms with E-state index in [1.165, 1.54) is 6.92 Å². The number of hydrogen-bond acceptors (Lipinski definition) is 7. The molecule has 27 heavy (non-hydrogen) atoms. The van der Waals surface area contributed by atoms with Gasteiger partial charge in [0.1, 0.15) is 18.1 Å². The molecule has 0 aliphatic carbocycles. The summed E-state index contributed by atoms with van der Waals surface area (Å²) in [5, 5.41) is 16.0. The van der Waals surface area contributed by atoms with Gasteiger partial charge in [-0.15, -0.1) is 0 Å². The van der Waals surface area contributed by atoms with Crippen LogP contribution < -0.4 is 33.2 Å². The number of carboxylic acids is 1. The van der Waals surface area contributed by atoms with Crippen molar-refractivity contribution in [3.05, 3.63) is 0 Å². The maximum atomic E-state index is 12.4. The molecular formula is C15H28N6O6. The summed E-state index contributed by atoms with van der Waals surface area (Å²) in [6.07, 6.45) is 0.678. The Kier molecular flexibility index (Phi) is 11.3. The van der Waals surface area contributed by atoms with Crippen molar-refractivity contribution in [2.24, 2.45) is 17.2 Å². The van der Waals surface area contributed by atoms with Crippen molar-refractivity contribution in [3.8, 4) is 0 Å². The average Bonchev–Trinajstić information content (AvgIpc) is 2.59. The van der Waals surface area contributed by atoms with Crippen LogP contribution in [0.2, 0.25) is 0 Å². The number of unbranched alkanes of at least 4 members (excludes halogenated alkanes) is 1. The third kappa shape index (κ3) is 10.1. The van der Waals surface area contributed by atoms with Crippen LogP contribution in [0.15, 0.2) is 0 Å². The Labute approximate surface area is 156 Å². The van der Waals surface area contributed by atoms with Gasteiger partial charge < -0.3 is 38.3 Å². The lowest BCUT2D eigenvalue weighted by Crippen LogP contribution is -2.55. The molecule has 3 atom stereocenters. The number of carbonyl (C=O) groups excluding carboxylic acids is 4. The van der Waals surface area contributed by atoms with Crippen LogP contribution in [-0.2, 0) is 24.0 Å². The zero-order valence-electron chi connectivity index (χ0n) is 15.2. The predicted molar refractivity (Wildman–Crippen MR) is 94.9 cm³/mol. The summed E-state index contributed by atoms with van der Waals surface area (Å²) in [5.41, 5.74) is 15.5. The number of rotatable bonds is 13. The van der Waals surface area contributed by atoms with Gasteiger partial charge in [0.2, 0.25) is 23.6 Å². The predicted octanol–water partition coefficient (Wildman–Crippen LogP) is -3.49. The molecule has 0 aromatic heterocycles. The lowest BCUT2D eigenvalue weighted by atomic mass is 10.1. The SMILES string of the molecule is CC(NC(=O)CN)C(=O)NC(CCCCN)C(=O)NC(CC(N)=O)C(=O)O. The highest BCUT2D eigenvalue weighted by Crippen LogP contribution is 2.03. The van der Waals surface area contributed by atoms with E-state index < -0.39 is 54.1 Å². The van der Waals surface area contributed by atoms with Crippen molar-refractivity contribution in [3.63, 3.8) is 0 Å². The topological polar surface area (TPSA) is 220 Å². The second-order valence-corrected chi connectivity index (χ2v) is 5.91. The normalized spacial score (nSPS) is 13.7. The molecule has 0 heterocycles. The van der Waals surface area contributed by atoms with E-state index in [2.05, 4.69) is 16.0 Å². The third-order valence-electron chi connectivity index (χ3n) is 3.56. The highest BCUT2D eigenvalue weighted by Gasteiger charge is 2.28. The van der Waals surface area contributed by atoms with E-state index in [1.54, 1.807) is 0 Å². The number of hydrogen-bond donors (Lipinski definition) is 7. The van der Waals surface area contributed by atoms with Crippen LogP contribution in [-0.4, -0.2) is 65.9 Å². The second kappa shape index (κ2) is 12.6. The number of nitrogens with one attached hydrogen (secondary N) is 3. The van der Waals surface area contributed by atoms with Gasteiger partial charge in [0, 0.05) is 0 Å². The fourth-order valence-electron chi connectivity index (χ4n) is 2.10. The Hall–Kier alpha value is -2.73. The third-order valence-corrected chi connectivity index (χ3v) is 3.56. The summed E-state index contributed by atoms with van der Waals surface area (Å²) >= 11 is 0. The van der Waals surface area contributed by atoms with E-state index in [9.17, 15) is 24.0 Å². The smallest absolute Gasteiger partial charge is 0.326 e. The molecule has 12 heteroatoms.